The molecule has 2 aromatic rings. The normalized spacial score (nSPS) is 17.0. The Balaban J connectivity index is 2.21. The van der Waals surface area contributed by atoms with E-state index in [1.807, 2.05) is 27.7 Å². The van der Waals surface area contributed by atoms with Crippen molar-refractivity contribution in [3.63, 3.8) is 0 Å². The molecular formula is C24H28BF2N3O3. The van der Waals surface area contributed by atoms with Gasteiger partial charge in [-0.25, -0.2) is 0 Å². The first-order chi connectivity index (χ1) is 15.5. The summed E-state index contributed by atoms with van der Waals surface area (Å²) in [5.74, 6) is 0.129. The van der Waals surface area contributed by atoms with Gasteiger partial charge in [0.15, 0.2) is 11.4 Å². The Hall–Kier alpha value is -3.23. The number of halogens is 2. The van der Waals surface area contributed by atoms with E-state index in [1.54, 1.807) is 19.9 Å². The molecule has 0 aliphatic carbocycles. The van der Waals surface area contributed by atoms with Crippen LogP contribution in [0.5, 0.6) is 5.75 Å². The molecular weight excluding hydrogens is 427 g/mol. The predicted molar refractivity (Wildman–Crippen MR) is 126 cm³/mol. The van der Waals surface area contributed by atoms with Crippen molar-refractivity contribution in [3.8, 4) is 5.75 Å². The number of nitrogens with zero attached hydrogens (tertiary/aromatic N) is 3. The molecule has 6 nitrogen and oxygen atoms in total. The van der Waals surface area contributed by atoms with Crippen molar-refractivity contribution in [3.05, 3.63) is 73.2 Å². The molecule has 0 bridgehead atoms. The van der Waals surface area contributed by atoms with E-state index in [0.717, 1.165) is 22.3 Å². The van der Waals surface area contributed by atoms with E-state index in [2.05, 4.69) is 0 Å². The van der Waals surface area contributed by atoms with Gasteiger partial charge in [-0.2, -0.15) is 0 Å². The number of fused-ring (bicyclic) bond motifs is 2. The largest absolute Gasteiger partial charge is 0.737 e. The zero-order chi connectivity index (χ0) is 24.4. The van der Waals surface area contributed by atoms with E-state index in [1.165, 1.54) is 28.2 Å². The lowest BCUT2D eigenvalue weighted by atomic mass is 9.83. The van der Waals surface area contributed by atoms with E-state index >= 15 is 8.63 Å². The summed E-state index contributed by atoms with van der Waals surface area (Å²) in [4.78, 5) is 11.2. The van der Waals surface area contributed by atoms with Crippen LogP contribution < -0.4 is 4.74 Å². The molecule has 0 unspecified atom stereocenters. The van der Waals surface area contributed by atoms with Crippen LogP contribution in [0.1, 0.15) is 62.2 Å². The third kappa shape index (κ3) is 2.94. The van der Waals surface area contributed by atoms with Crippen molar-refractivity contribution >= 4 is 23.9 Å². The number of nitro groups is 1. The van der Waals surface area contributed by atoms with Crippen LogP contribution >= 0.6 is 0 Å². The zero-order valence-corrected chi connectivity index (χ0v) is 20.0. The molecule has 4 rings (SSSR count). The van der Waals surface area contributed by atoms with E-state index in [0.29, 0.717) is 46.8 Å². The number of nitro benzene ring substituents is 1. The number of rotatable bonds is 5. The topological polar surface area (TPSA) is 60.3 Å². The number of aromatic nitrogens is 1. The fourth-order valence-electron chi connectivity index (χ4n) is 5.74. The standard InChI is InChI=1S/C24H28BF2N3O3/c1-8-18-13(3)23-22(17-10-11-21(33-7)20(12-17)30(31)32)24-14(4)19(9-2)16(6)29(24)25(26,27)28(23)15(18)5/h10-12H,8-9H2,1-7H3. The maximum atomic E-state index is 16.2. The Bertz CT molecular complexity index is 1320. The van der Waals surface area contributed by atoms with Gasteiger partial charge in [-0.1, -0.05) is 13.8 Å². The average Bonchev–Trinajstić information content (AvgIpc) is 3.18. The highest BCUT2D eigenvalue weighted by Crippen LogP contribution is 2.48. The monoisotopic (exact) mass is 455 g/mol. The summed E-state index contributed by atoms with van der Waals surface area (Å²) in [6.07, 6.45) is 1.24. The summed E-state index contributed by atoms with van der Waals surface area (Å²) in [6, 6.07) is 4.68. The Kier molecular flexibility index (Phi) is 5.34. The molecule has 1 aromatic carbocycles. The zero-order valence-electron chi connectivity index (χ0n) is 20.0. The lowest BCUT2D eigenvalue weighted by Crippen LogP contribution is -2.51. The number of hydrogen-bond donors (Lipinski definition) is 0. The van der Waals surface area contributed by atoms with Crippen molar-refractivity contribution in [1.82, 2.24) is 4.48 Å². The summed E-state index contributed by atoms with van der Waals surface area (Å²) < 4.78 is 40.0. The molecule has 3 heterocycles. The second-order valence-electron chi connectivity index (χ2n) is 8.63. The fourth-order valence-corrected chi connectivity index (χ4v) is 5.74. The molecule has 0 radical (unpaired) electrons. The highest BCUT2D eigenvalue weighted by molar-refractivity contribution is 6.58. The van der Waals surface area contributed by atoms with Crippen LogP contribution in [0.4, 0.5) is 14.3 Å². The summed E-state index contributed by atoms with van der Waals surface area (Å²) in [5.41, 5.74) is 6.17. The molecule has 0 saturated heterocycles. The minimum Gasteiger partial charge on any atom is -0.490 e. The molecule has 2 aliphatic heterocycles. The van der Waals surface area contributed by atoms with Crippen LogP contribution in [0.25, 0.3) is 5.57 Å². The number of ether oxygens (including phenoxy) is 1. The molecule has 0 spiro atoms. The molecule has 0 saturated carbocycles. The lowest BCUT2D eigenvalue weighted by Gasteiger charge is -2.34. The van der Waals surface area contributed by atoms with Crippen molar-refractivity contribution < 1.29 is 22.8 Å². The molecule has 2 aliphatic rings. The molecule has 0 N–H and O–H groups in total. The van der Waals surface area contributed by atoms with Gasteiger partial charge < -0.3 is 22.3 Å². The van der Waals surface area contributed by atoms with Gasteiger partial charge in [0, 0.05) is 29.8 Å². The number of allylic oxidation sites excluding steroid dienone is 2. The Morgan fingerprint density at radius 2 is 1.82 bits per heavy atom. The summed E-state index contributed by atoms with van der Waals surface area (Å²) in [7, 11) is 1.37. The first kappa shape index (κ1) is 23.0. The molecule has 1 aromatic heterocycles. The maximum Gasteiger partial charge on any atom is 0.737 e. The van der Waals surface area contributed by atoms with Crippen molar-refractivity contribution in [2.45, 2.75) is 54.4 Å². The van der Waals surface area contributed by atoms with Gasteiger partial charge in [-0.3, -0.25) is 10.1 Å². The van der Waals surface area contributed by atoms with Gasteiger partial charge in [0.2, 0.25) is 0 Å². The predicted octanol–water partition coefficient (Wildman–Crippen LogP) is 5.79. The Labute approximate surface area is 192 Å². The van der Waals surface area contributed by atoms with E-state index in [-0.39, 0.29) is 11.4 Å². The first-order valence-corrected chi connectivity index (χ1v) is 11.2. The van der Waals surface area contributed by atoms with Gasteiger partial charge >= 0.3 is 12.7 Å². The van der Waals surface area contributed by atoms with E-state index < -0.39 is 11.9 Å². The first-order valence-electron chi connectivity index (χ1n) is 11.2. The maximum absolute atomic E-state index is 16.2. The molecule has 0 fully saturated rings. The highest BCUT2D eigenvalue weighted by Gasteiger charge is 2.56. The minimum atomic E-state index is -4.14. The Morgan fingerprint density at radius 1 is 1.15 bits per heavy atom. The summed E-state index contributed by atoms with van der Waals surface area (Å²) in [6.45, 7) is 6.97. The van der Waals surface area contributed by atoms with Gasteiger partial charge in [-0.15, -0.1) is 0 Å². The molecule has 0 amide bonds. The molecule has 174 valence electrons. The molecule has 0 atom stereocenters. The van der Waals surface area contributed by atoms with E-state index in [9.17, 15) is 10.1 Å². The van der Waals surface area contributed by atoms with Crippen molar-refractivity contribution in [2.24, 2.45) is 0 Å². The van der Waals surface area contributed by atoms with Gasteiger partial charge in [0.05, 0.1) is 17.6 Å². The van der Waals surface area contributed by atoms with Gasteiger partial charge in [0.1, 0.15) is 5.71 Å². The van der Waals surface area contributed by atoms with Crippen LogP contribution in [0.3, 0.4) is 0 Å². The molecule has 9 heteroatoms. The van der Waals surface area contributed by atoms with Crippen LogP contribution in [-0.2, 0) is 6.42 Å². The van der Waals surface area contributed by atoms with Crippen LogP contribution in [0.2, 0.25) is 0 Å². The average molecular weight is 455 g/mol. The highest BCUT2D eigenvalue weighted by atomic mass is 19.2. The summed E-state index contributed by atoms with van der Waals surface area (Å²) in [5, 5.41) is 11.7. The van der Waals surface area contributed by atoms with Gasteiger partial charge in [-0.05, 0) is 68.1 Å². The van der Waals surface area contributed by atoms with Crippen LogP contribution in [-0.4, -0.2) is 33.7 Å². The fraction of sp³-hybridized carbons (Fsp3) is 0.375. The number of benzene rings is 1. The second-order valence-corrected chi connectivity index (χ2v) is 8.63. The van der Waals surface area contributed by atoms with E-state index in [4.69, 9.17) is 4.74 Å². The van der Waals surface area contributed by atoms with Crippen molar-refractivity contribution in [1.29, 1.82) is 0 Å². The minimum absolute atomic E-state index is 0.129. The smallest absolute Gasteiger partial charge is 0.490 e. The van der Waals surface area contributed by atoms with Crippen LogP contribution in [0.15, 0.2) is 35.0 Å². The molecule has 33 heavy (non-hydrogen) atoms. The SMILES string of the molecule is CCC1=C(C)C2=C(c3ccc(OC)c([N+](=O)[O-])c3)c3c(C)c(CC)c(C)n3[B-](F)(F)[N+]2=C1C. The third-order valence-corrected chi connectivity index (χ3v) is 7.16. The second kappa shape index (κ2) is 7.68. The quantitative estimate of drug-likeness (QED) is 0.326. The number of methoxy groups -OCH3 is 1. The summed E-state index contributed by atoms with van der Waals surface area (Å²) >= 11 is 0. The Morgan fingerprint density at radius 3 is 2.36 bits per heavy atom. The lowest BCUT2D eigenvalue weighted by molar-refractivity contribution is -0.385. The number of hydrogen-bond acceptors (Lipinski definition) is 3. The van der Waals surface area contributed by atoms with Gasteiger partial charge in [0.25, 0.3) is 0 Å². The van der Waals surface area contributed by atoms with Crippen molar-refractivity contribution in [2.75, 3.05) is 7.11 Å². The third-order valence-electron chi connectivity index (χ3n) is 7.16. The van der Waals surface area contributed by atoms with Crippen LogP contribution in [0, 0.1) is 24.0 Å².